The first-order chi connectivity index (χ1) is 12.1. The van der Waals surface area contributed by atoms with Crippen molar-refractivity contribution in [2.75, 3.05) is 0 Å². The van der Waals surface area contributed by atoms with E-state index in [2.05, 4.69) is 60.9 Å². The molecule has 1 fully saturated rings. The summed E-state index contributed by atoms with van der Waals surface area (Å²) in [6, 6.07) is 21.2. The van der Waals surface area contributed by atoms with E-state index in [0.29, 0.717) is 12.0 Å². The molecular weight excluding hydrogens is 308 g/mol. The van der Waals surface area contributed by atoms with Crippen LogP contribution in [-0.4, -0.2) is 11.9 Å². The number of hydrogen-bond acceptors (Lipinski definition) is 1. The molecule has 0 saturated heterocycles. The van der Waals surface area contributed by atoms with Crippen LogP contribution in [0.4, 0.5) is 0 Å². The Morgan fingerprint density at radius 1 is 1.00 bits per heavy atom. The number of rotatable bonds is 8. The highest BCUT2D eigenvalue weighted by atomic mass is 16.2. The van der Waals surface area contributed by atoms with Crippen molar-refractivity contribution in [1.29, 1.82) is 0 Å². The lowest BCUT2D eigenvalue weighted by atomic mass is 9.95. The Kier molecular flexibility index (Phi) is 5.87. The third-order valence-electron chi connectivity index (χ3n) is 4.74. The molecule has 0 aromatic heterocycles. The Balaban J connectivity index is 1.84. The van der Waals surface area contributed by atoms with Crippen LogP contribution in [0.15, 0.2) is 60.7 Å². The second-order valence-corrected chi connectivity index (χ2v) is 7.51. The van der Waals surface area contributed by atoms with Gasteiger partial charge in [-0.15, -0.1) is 0 Å². The zero-order valence-corrected chi connectivity index (χ0v) is 15.2. The van der Waals surface area contributed by atoms with Crippen molar-refractivity contribution in [3.8, 4) is 0 Å². The molecule has 0 bridgehead atoms. The predicted octanol–water partition coefficient (Wildman–Crippen LogP) is 3.36. The zero-order valence-electron chi connectivity index (χ0n) is 15.2. The van der Waals surface area contributed by atoms with Gasteiger partial charge in [-0.2, -0.15) is 0 Å². The highest BCUT2D eigenvalue weighted by Crippen LogP contribution is 2.22. The van der Waals surface area contributed by atoms with Crippen molar-refractivity contribution >= 4 is 5.91 Å². The van der Waals surface area contributed by atoms with Gasteiger partial charge >= 0.3 is 0 Å². The minimum absolute atomic E-state index is 0.137. The molecule has 1 aliphatic rings. The Morgan fingerprint density at radius 3 is 2.08 bits per heavy atom. The fourth-order valence-electron chi connectivity index (χ4n) is 3.30. The Bertz CT molecular complexity index is 665. The van der Waals surface area contributed by atoms with Gasteiger partial charge in [-0.1, -0.05) is 74.5 Å². The molecular formula is C22H29N2O+. The average molecular weight is 337 g/mol. The molecule has 3 rings (SSSR count). The highest BCUT2D eigenvalue weighted by molar-refractivity contribution is 5.82. The minimum atomic E-state index is -0.203. The zero-order chi connectivity index (χ0) is 17.6. The van der Waals surface area contributed by atoms with Crippen LogP contribution >= 0.6 is 0 Å². The summed E-state index contributed by atoms with van der Waals surface area (Å²) in [5, 5.41) is 5.44. The SMILES string of the molecule is CC(C)C[C@@H]([NH2+][C@@H](C(=O)NC1CC1)c1ccccc1)c1ccccc1. The van der Waals surface area contributed by atoms with Crippen LogP contribution in [0.25, 0.3) is 0 Å². The molecule has 0 heterocycles. The van der Waals surface area contributed by atoms with E-state index in [1.54, 1.807) is 0 Å². The van der Waals surface area contributed by atoms with Gasteiger partial charge in [0.15, 0.2) is 6.04 Å². The molecule has 132 valence electrons. The molecule has 3 N–H and O–H groups in total. The van der Waals surface area contributed by atoms with Crippen LogP contribution < -0.4 is 10.6 Å². The standard InChI is InChI=1S/C22H28N2O/c1-16(2)15-20(17-9-5-3-6-10-17)24-21(18-11-7-4-8-12-18)22(25)23-19-13-14-19/h3-12,16,19-21,24H,13-15H2,1-2H3,(H,23,25)/p+1/t20-,21-/m1/s1. The van der Waals surface area contributed by atoms with Crippen molar-refractivity contribution < 1.29 is 10.1 Å². The molecule has 0 aliphatic heterocycles. The summed E-state index contributed by atoms with van der Waals surface area (Å²) in [6.07, 6.45) is 3.27. The normalized spacial score (nSPS) is 16.4. The number of carbonyl (C=O) groups is 1. The average Bonchev–Trinajstić information content (AvgIpc) is 3.43. The monoisotopic (exact) mass is 337 g/mol. The fraction of sp³-hybridized carbons (Fsp3) is 0.409. The number of amides is 1. The van der Waals surface area contributed by atoms with Crippen molar-refractivity contribution in [2.45, 2.75) is 51.2 Å². The van der Waals surface area contributed by atoms with Crippen LogP contribution in [0.5, 0.6) is 0 Å². The number of quaternary nitrogens is 1. The summed E-state index contributed by atoms with van der Waals surface area (Å²) >= 11 is 0. The number of nitrogens with one attached hydrogen (secondary N) is 1. The van der Waals surface area contributed by atoms with Crippen LogP contribution in [0, 0.1) is 5.92 Å². The van der Waals surface area contributed by atoms with Crippen molar-refractivity contribution in [3.05, 3.63) is 71.8 Å². The molecule has 3 heteroatoms. The third-order valence-corrected chi connectivity index (χ3v) is 4.74. The van der Waals surface area contributed by atoms with E-state index in [9.17, 15) is 4.79 Å². The molecule has 1 saturated carbocycles. The number of benzene rings is 2. The fourth-order valence-corrected chi connectivity index (χ4v) is 3.30. The van der Waals surface area contributed by atoms with Crippen molar-refractivity contribution in [3.63, 3.8) is 0 Å². The second kappa shape index (κ2) is 8.30. The van der Waals surface area contributed by atoms with Gasteiger partial charge in [0, 0.05) is 23.6 Å². The maximum absolute atomic E-state index is 12.9. The summed E-state index contributed by atoms with van der Waals surface area (Å²) < 4.78 is 0. The second-order valence-electron chi connectivity index (χ2n) is 7.51. The summed E-state index contributed by atoms with van der Waals surface area (Å²) in [7, 11) is 0. The molecule has 3 nitrogen and oxygen atoms in total. The molecule has 25 heavy (non-hydrogen) atoms. The minimum Gasteiger partial charge on any atom is -0.348 e. The van der Waals surface area contributed by atoms with Gasteiger partial charge in [0.2, 0.25) is 0 Å². The first-order valence-corrected chi connectivity index (χ1v) is 9.38. The van der Waals surface area contributed by atoms with E-state index < -0.39 is 0 Å². The lowest BCUT2D eigenvalue weighted by Gasteiger charge is -2.24. The highest BCUT2D eigenvalue weighted by Gasteiger charge is 2.33. The maximum atomic E-state index is 12.9. The quantitative estimate of drug-likeness (QED) is 0.762. The van der Waals surface area contributed by atoms with Gasteiger partial charge in [0.05, 0.1) is 0 Å². The molecule has 0 radical (unpaired) electrons. The van der Waals surface area contributed by atoms with Gasteiger partial charge in [-0.25, -0.2) is 0 Å². The number of hydrogen-bond donors (Lipinski definition) is 2. The van der Waals surface area contributed by atoms with Crippen molar-refractivity contribution in [2.24, 2.45) is 5.92 Å². The first kappa shape index (κ1) is 17.7. The van der Waals surface area contributed by atoms with E-state index in [-0.39, 0.29) is 18.0 Å². The lowest BCUT2D eigenvalue weighted by Crippen LogP contribution is -2.88. The molecule has 2 atom stereocenters. The van der Waals surface area contributed by atoms with Crippen LogP contribution in [-0.2, 0) is 4.79 Å². The molecule has 1 amide bonds. The number of carbonyl (C=O) groups excluding carboxylic acids is 1. The largest absolute Gasteiger partial charge is 0.348 e. The van der Waals surface area contributed by atoms with E-state index in [0.717, 1.165) is 24.8 Å². The molecule has 2 aromatic rings. The molecule has 0 unspecified atom stereocenters. The van der Waals surface area contributed by atoms with Gasteiger partial charge in [-0.3, -0.25) is 4.79 Å². The Hall–Kier alpha value is -2.13. The summed E-state index contributed by atoms with van der Waals surface area (Å²) in [5.74, 6) is 0.711. The molecule has 2 aromatic carbocycles. The topological polar surface area (TPSA) is 45.7 Å². The predicted molar refractivity (Wildman–Crippen MR) is 101 cm³/mol. The maximum Gasteiger partial charge on any atom is 0.283 e. The van der Waals surface area contributed by atoms with Crippen LogP contribution in [0.3, 0.4) is 0 Å². The van der Waals surface area contributed by atoms with Crippen LogP contribution in [0.1, 0.15) is 56.3 Å². The number of nitrogens with two attached hydrogens (primary N) is 1. The van der Waals surface area contributed by atoms with Gasteiger partial charge in [0.25, 0.3) is 5.91 Å². The van der Waals surface area contributed by atoms with Gasteiger partial charge < -0.3 is 10.6 Å². The summed E-state index contributed by atoms with van der Waals surface area (Å²) in [6.45, 7) is 4.48. The summed E-state index contributed by atoms with van der Waals surface area (Å²) in [5.41, 5.74) is 2.36. The molecule has 1 aliphatic carbocycles. The van der Waals surface area contributed by atoms with Gasteiger partial charge in [0.1, 0.15) is 6.04 Å². The first-order valence-electron chi connectivity index (χ1n) is 9.38. The van der Waals surface area contributed by atoms with E-state index in [4.69, 9.17) is 0 Å². The third kappa shape index (κ3) is 5.17. The van der Waals surface area contributed by atoms with Crippen LogP contribution in [0.2, 0.25) is 0 Å². The van der Waals surface area contributed by atoms with E-state index in [1.165, 1.54) is 5.56 Å². The van der Waals surface area contributed by atoms with Crippen molar-refractivity contribution in [1.82, 2.24) is 5.32 Å². The Labute approximate surface area is 150 Å². The summed E-state index contributed by atoms with van der Waals surface area (Å²) in [4.78, 5) is 12.9. The smallest absolute Gasteiger partial charge is 0.283 e. The van der Waals surface area contributed by atoms with E-state index >= 15 is 0 Å². The van der Waals surface area contributed by atoms with Gasteiger partial charge in [-0.05, 0) is 18.8 Å². The van der Waals surface area contributed by atoms with E-state index in [1.807, 2.05) is 24.3 Å². The Morgan fingerprint density at radius 2 is 1.56 bits per heavy atom. The lowest BCUT2D eigenvalue weighted by molar-refractivity contribution is -0.723. The molecule has 0 spiro atoms.